The highest BCUT2D eigenvalue weighted by Crippen LogP contribution is 2.38. The standard InChI is InChI=1S/C18H35N3O/c1-17(2)14-18(8-13-22-17,16-21-11-5-6-12-21)15-19-9-7-10-20(3)4/h15H,5-14,16H2,1-4H3/t18-/m0/s1. The summed E-state index contributed by atoms with van der Waals surface area (Å²) in [5, 5.41) is 0. The summed E-state index contributed by atoms with van der Waals surface area (Å²) in [6.07, 6.45) is 8.36. The minimum atomic E-state index is -0.0202. The molecule has 0 aromatic carbocycles. The van der Waals surface area contributed by atoms with Crippen LogP contribution in [0.25, 0.3) is 0 Å². The third-order valence-electron chi connectivity index (χ3n) is 4.87. The molecule has 2 heterocycles. The van der Waals surface area contributed by atoms with Crippen LogP contribution in [-0.4, -0.2) is 75.0 Å². The third-order valence-corrected chi connectivity index (χ3v) is 4.87. The van der Waals surface area contributed by atoms with Crippen molar-refractivity contribution in [2.24, 2.45) is 10.4 Å². The van der Waals surface area contributed by atoms with Gasteiger partial charge in [0.05, 0.1) is 5.60 Å². The van der Waals surface area contributed by atoms with Gasteiger partial charge >= 0.3 is 0 Å². The van der Waals surface area contributed by atoms with Crippen molar-refractivity contribution in [3.05, 3.63) is 0 Å². The summed E-state index contributed by atoms with van der Waals surface area (Å²) >= 11 is 0. The molecule has 0 radical (unpaired) electrons. The summed E-state index contributed by atoms with van der Waals surface area (Å²) < 4.78 is 5.96. The molecule has 22 heavy (non-hydrogen) atoms. The zero-order chi connectivity index (χ0) is 16.1. The van der Waals surface area contributed by atoms with Crippen LogP contribution in [0.2, 0.25) is 0 Å². The molecule has 0 amide bonds. The van der Waals surface area contributed by atoms with Gasteiger partial charge in [0.25, 0.3) is 0 Å². The Labute approximate surface area is 136 Å². The summed E-state index contributed by atoms with van der Waals surface area (Å²) in [6.45, 7) is 11.1. The summed E-state index contributed by atoms with van der Waals surface area (Å²) in [5.74, 6) is 0. The number of aliphatic imine (C=N–C) groups is 1. The van der Waals surface area contributed by atoms with E-state index in [4.69, 9.17) is 9.73 Å². The molecule has 2 rings (SSSR count). The van der Waals surface area contributed by atoms with Crippen LogP contribution in [0, 0.1) is 5.41 Å². The van der Waals surface area contributed by atoms with Crippen LogP contribution in [0.5, 0.6) is 0 Å². The second-order valence-corrected chi connectivity index (χ2v) is 8.07. The monoisotopic (exact) mass is 309 g/mol. The lowest BCUT2D eigenvalue weighted by Crippen LogP contribution is -2.48. The highest BCUT2D eigenvalue weighted by Gasteiger charge is 2.41. The van der Waals surface area contributed by atoms with Gasteiger partial charge in [0.2, 0.25) is 0 Å². The molecule has 128 valence electrons. The van der Waals surface area contributed by atoms with Crippen molar-refractivity contribution in [3.63, 3.8) is 0 Å². The second-order valence-electron chi connectivity index (χ2n) is 8.07. The van der Waals surface area contributed by atoms with E-state index in [2.05, 4.69) is 44.0 Å². The maximum Gasteiger partial charge on any atom is 0.0635 e. The average Bonchev–Trinajstić information content (AvgIpc) is 2.89. The molecule has 2 aliphatic heterocycles. The van der Waals surface area contributed by atoms with Gasteiger partial charge in [-0.3, -0.25) is 4.99 Å². The highest BCUT2D eigenvalue weighted by atomic mass is 16.5. The number of rotatable bonds is 7. The Bertz CT molecular complexity index is 361. The summed E-state index contributed by atoms with van der Waals surface area (Å²) in [7, 11) is 4.25. The summed E-state index contributed by atoms with van der Waals surface area (Å²) in [6, 6.07) is 0. The topological polar surface area (TPSA) is 28.1 Å². The van der Waals surface area contributed by atoms with Crippen molar-refractivity contribution in [3.8, 4) is 0 Å². The first-order valence-electron chi connectivity index (χ1n) is 8.93. The van der Waals surface area contributed by atoms with E-state index in [1.165, 1.54) is 25.9 Å². The van der Waals surface area contributed by atoms with Crippen LogP contribution >= 0.6 is 0 Å². The molecule has 0 saturated carbocycles. The van der Waals surface area contributed by atoms with Crippen molar-refractivity contribution in [2.45, 2.75) is 51.6 Å². The molecule has 0 spiro atoms. The Morgan fingerprint density at radius 1 is 1.23 bits per heavy atom. The summed E-state index contributed by atoms with van der Waals surface area (Å²) in [4.78, 5) is 9.67. The van der Waals surface area contributed by atoms with Crippen molar-refractivity contribution in [1.82, 2.24) is 9.80 Å². The molecule has 1 atom stereocenters. The predicted molar refractivity (Wildman–Crippen MR) is 93.9 cm³/mol. The van der Waals surface area contributed by atoms with Gasteiger partial charge in [-0.25, -0.2) is 0 Å². The molecule has 0 bridgehead atoms. The van der Waals surface area contributed by atoms with Gasteiger partial charge in [-0.05, 0) is 79.7 Å². The highest BCUT2D eigenvalue weighted by molar-refractivity contribution is 5.66. The Balaban J connectivity index is 1.96. The molecule has 2 aliphatic rings. The van der Waals surface area contributed by atoms with Crippen molar-refractivity contribution in [1.29, 1.82) is 0 Å². The van der Waals surface area contributed by atoms with Crippen molar-refractivity contribution >= 4 is 6.21 Å². The Hall–Kier alpha value is -0.450. The van der Waals surface area contributed by atoms with E-state index in [1.807, 2.05) is 0 Å². The number of likely N-dealkylation sites (tertiary alicyclic amines) is 1. The molecule has 0 aliphatic carbocycles. The van der Waals surface area contributed by atoms with E-state index in [0.717, 1.165) is 45.5 Å². The van der Waals surface area contributed by atoms with Gasteiger partial charge in [-0.1, -0.05) is 0 Å². The third kappa shape index (κ3) is 5.64. The van der Waals surface area contributed by atoms with Crippen LogP contribution in [-0.2, 0) is 4.74 Å². The van der Waals surface area contributed by atoms with Gasteiger partial charge in [0, 0.05) is 31.3 Å². The normalized spacial score (nSPS) is 29.7. The molecule has 2 fully saturated rings. The SMILES string of the molecule is CN(C)CCCN=C[C@]1(CN2CCCC2)CCOC(C)(C)C1. The molecule has 0 aromatic rings. The lowest BCUT2D eigenvalue weighted by molar-refractivity contribution is -0.0897. The molecule has 4 heteroatoms. The fourth-order valence-corrected chi connectivity index (χ4v) is 3.93. The maximum atomic E-state index is 5.96. The van der Waals surface area contributed by atoms with Gasteiger partial charge in [0.15, 0.2) is 0 Å². The summed E-state index contributed by atoms with van der Waals surface area (Å²) in [5.41, 5.74) is 0.192. The zero-order valence-electron chi connectivity index (χ0n) is 15.1. The minimum absolute atomic E-state index is 0.0202. The quantitative estimate of drug-likeness (QED) is 0.535. The predicted octanol–water partition coefficient (Wildman–Crippen LogP) is 2.68. The second kappa shape index (κ2) is 7.89. The van der Waals surface area contributed by atoms with E-state index < -0.39 is 0 Å². The fourth-order valence-electron chi connectivity index (χ4n) is 3.93. The van der Waals surface area contributed by atoms with Crippen LogP contribution in [0.3, 0.4) is 0 Å². The first-order chi connectivity index (χ1) is 10.4. The molecule has 0 N–H and O–H groups in total. The van der Waals surface area contributed by atoms with Crippen LogP contribution in [0.1, 0.15) is 46.0 Å². The fraction of sp³-hybridized carbons (Fsp3) is 0.944. The Morgan fingerprint density at radius 2 is 1.95 bits per heavy atom. The Kier molecular flexibility index (Phi) is 6.42. The van der Waals surface area contributed by atoms with Gasteiger partial charge in [-0.15, -0.1) is 0 Å². The number of hydrogen-bond donors (Lipinski definition) is 0. The van der Waals surface area contributed by atoms with E-state index in [9.17, 15) is 0 Å². The average molecular weight is 309 g/mol. The smallest absolute Gasteiger partial charge is 0.0635 e. The van der Waals surface area contributed by atoms with Crippen LogP contribution in [0.15, 0.2) is 4.99 Å². The molecule has 2 saturated heterocycles. The lowest BCUT2D eigenvalue weighted by Gasteiger charge is -2.44. The van der Waals surface area contributed by atoms with Gasteiger partial charge in [0.1, 0.15) is 0 Å². The molecule has 0 unspecified atom stereocenters. The van der Waals surface area contributed by atoms with Crippen LogP contribution < -0.4 is 0 Å². The first kappa shape index (κ1) is 17.9. The first-order valence-corrected chi connectivity index (χ1v) is 8.93. The molecule has 0 aromatic heterocycles. The van der Waals surface area contributed by atoms with Crippen molar-refractivity contribution < 1.29 is 4.74 Å². The maximum absolute atomic E-state index is 5.96. The zero-order valence-corrected chi connectivity index (χ0v) is 15.1. The lowest BCUT2D eigenvalue weighted by atomic mass is 9.74. The van der Waals surface area contributed by atoms with Crippen molar-refractivity contribution in [2.75, 3.05) is 53.4 Å². The van der Waals surface area contributed by atoms with Gasteiger partial charge in [-0.2, -0.15) is 0 Å². The van der Waals surface area contributed by atoms with E-state index in [0.29, 0.717) is 0 Å². The molecular formula is C18H35N3O. The number of hydrogen-bond acceptors (Lipinski definition) is 4. The largest absolute Gasteiger partial charge is 0.376 e. The van der Waals surface area contributed by atoms with E-state index >= 15 is 0 Å². The molecule has 4 nitrogen and oxygen atoms in total. The van der Waals surface area contributed by atoms with Crippen LogP contribution in [0.4, 0.5) is 0 Å². The van der Waals surface area contributed by atoms with E-state index in [-0.39, 0.29) is 11.0 Å². The molecular weight excluding hydrogens is 274 g/mol. The minimum Gasteiger partial charge on any atom is -0.376 e. The Morgan fingerprint density at radius 3 is 2.59 bits per heavy atom. The van der Waals surface area contributed by atoms with E-state index in [1.54, 1.807) is 0 Å². The number of ether oxygens (including phenoxy) is 1. The van der Waals surface area contributed by atoms with Gasteiger partial charge < -0.3 is 14.5 Å². The number of nitrogens with zero attached hydrogens (tertiary/aromatic N) is 3.